The third-order valence-corrected chi connectivity index (χ3v) is 1.99. The van der Waals surface area contributed by atoms with Gasteiger partial charge in [-0.1, -0.05) is 6.07 Å². The van der Waals surface area contributed by atoms with E-state index >= 15 is 0 Å². The lowest BCUT2D eigenvalue weighted by atomic mass is 10.1. The number of rotatable bonds is 2. The van der Waals surface area contributed by atoms with Crippen LogP contribution in [-0.2, 0) is 0 Å². The van der Waals surface area contributed by atoms with Crippen molar-refractivity contribution in [2.75, 3.05) is 0 Å². The molecule has 1 rings (SSSR count). The number of hydrogen-bond donors (Lipinski definition) is 0. The zero-order valence-electron chi connectivity index (χ0n) is 7.15. The van der Waals surface area contributed by atoms with Gasteiger partial charge >= 0.3 is 4.83 Å². The Morgan fingerprint density at radius 2 is 2.00 bits per heavy atom. The molecular weight excluding hydrogens is 261 g/mol. The Morgan fingerprint density at radius 3 is 2.43 bits per heavy atom. The maximum Gasteiger partial charge on any atom is 0.363 e. The van der Waals surface area contributed by atoms with Crippen molar-refractivity contribution in [1.82, 2.24) is 0 Å². The van der Waals surface area contributed by atoms with Crippen LogP contribution in [0.15, 0.2) is 18.2 Å². The van der Waals surface area contributed by atoms with E-state index in [1.165, 1.54) is 6.07 Å². The molecule has 0 unspecified atom stereocenters. The van der Waals surface area contributed by atoms with Crippen LogP contribution >= 0.6 is 15.9 Å². The molecular formula is C9H6BrF3O. The molecule has 0 aromatic heterocycles. The summed E-state index contributed by atoms with van der Waals surface area (Å²) in [7, 11) is 0. The molecule has 0 aliphatic rings. The summed E-state index contributed by atoms with van der Waals surface area (Å²) < 4.78 is 38.0. The van der Waals surface area contributed by atoms with Crippen LogP contribution in [0, 0.1) is 12.7 Å². The second kappa shape index (κ2) is 3.73. The maximum atomic E-state index is 13.1. The lowest BCUT2D eigenvalue weighted by Gasteiger charge is -2.07. The summed E-state index contributed by atoms with van der Waals surface area (Å²) in [6.07, 6.45) is 0. The second-order valence-corrected chi connectivity index (χ2v) is 3.81. The average Bonchev–Trinajstić information content (AvgIpc) is 2.01. The lowest BCUT2D eigenvalue weighted by Crippen LogP contribution is -2.22. The Hall–Kier alpha value is -0.840. The molecule has 0 heterocycles. The molecule has 0 radical (unpaired) electrons. The van der Waals surface area contributed by atoms with E-state index < -0.39 is 22.0 Å². The molecule has 0 aliphatic carbocycles. The number of hydrogen-bond acceptors (Lipinski definition) is 1. The highest BCUT2D eigenvalue weighted by Gasteiger charge is 2.37. The number of alkyl halides is 3. The number of aryl methyl sites for hydroxylation is 1. The summed E-state index contributed by atoms with van der Waals surface area (Å²) in [5.74, 6) is -2.51. The minimum Gasteiger partial charge on any atom is -0.286 e. The van der Waals surface area contributed by atoms with Crippen LogP contribution in [0.4, 0.5) is 13.2 Å². The van der Waals surface area contributed by atoms with E-state index in [0.717, 1.165) is 12.1 Å². The van der Waals surface area contributed by atoms with Gasteiger partial charge in [-0.05, 0) is 40.5 Å². The topological polar surface area (TPSA) is 17.1 Å². The van der Waals surface area contributed by atoms with E-state index in [2.05, 4.69) is 0 Å². The highest BCUT2D eigenvalue weighted by molar-refractivity contribution is 9.10. The summed E-state index contributed by atoms with van der Waals surface area (Å²) in [6.45, 7) is 1.60. The maximum absolute atomic E-state index is 13.1. The monoisotopic (exact) mass is 266 g/mol. The molecule has 1 aromatic carbocycles. The minimum atomic E-state index is -3.72. The predicted molar refractivity (Wildman–Crippen MR) is 49.3 cm³/mol. The molecule has 0 bridgehead atoms. The van der Waals surface area contributed by atoms with Gasteiger partial charge in [-0.2, -0.15) is 8.78 Å². The number of Topliss-reactive ketones (excluding diaryl/α,β-unsaturated/α-hetero) is 1. The first kappa shape index (κ1) is 11.2. The third kappa shape index (κ3) is 2.35. The van der Waals surface area contributed by atoms with Crippen LogP contribution in [0.2, 0.25) is 0 Å². The largest absolute Gasteiger partial charge is 0.363 e. The molecule has 14 heavy (non-hydrogen) atoms. The van der Waals surface area contributed by atoms with Gasteiger partial charge in [0, 0.05) is 0 Å². The van der Waals surface area contributed by atoms with Gasteiger partial charge in [0.1, 0.15) is 5.82 Å². The number of benzene rings is 1. The Labute approximate surface area is 87.1 Å². The van der Waals surface area contributed by atoms with Crippen molar-refractivity contribution < 1.29 is 18.0 Å². The Bertz CT molecular complexity index is 371. The first-order chi connectivity index (χ1) is 6.32. The molecule has 0 saturated carbocycles. The average molecular weight is 267 g/mol. The summed E-state index contributed by atoms with van der Waals surface area (Å²) in [5, 5.41) is 0. The highest BCUT2D eigenvalue weighted by Crippen LogP contribution is 2.27. The van der Waals surface area contributed by atoms with Gasteiger partial charge in [0.2, 0.25) is 5.78 Å². The zero-order valence-corrected chi connectivity index (χ0v) is 8.74. The quantitative estimate of drug-likeness (QED) is 0.593. The Balaban J connectivity index is 3.15. The fraction of sp³-hybridized carbons (Fsp3) is 0.222. The standard InChI is InChI=1S/C9H6BrF3O/c1-5-2-3-6(7(11)4-5)8(14)9(10,12)13/h2-4H,1H3. The normalized spacial score (nSPS) is 11.5. The summed E-state index contributed by atoms with van der Waals surface area (Å²) in [6, 6.07) is 3.48. The fourth-order valence-corrected chi connectivity index (χ4v) is 1.17. The molecule has 5 heteroatoms. The van der Waals surface area contributed by atoms with Crippen molar-refractivity contribution in [2.24, 2.45) is 0 Å². The number of ketones is 1. The summed E-state index contributed by atoms with van der Waals surface area (Å²) >= 11 is 1.88. The molecule has 0 spiro atoms. The second-order valence-electron chi connectivity index (χ2n) is 2.81. The van der Waals surface area contributed by atoms with E-state index in [9.17, 15) is 18.0 Å². The van der Waals surface area contributed by atoms with Crippen LogP contribution in [0.3, 0.4) is 0 Å². The van der Waals surface area contributed by atoms with E-state index in [1.807, 2.05) is 15.9 Å². The van der Waals surface area contributed by atoms with Gasteiger partial charge in [0.25, 0.3) is 0 Å². The highest BCUT2D eigenvalue weighted by atomic mass is 79.9. The van der Waals surface area contributed by atoms with Crippen LogP contribution in [-0.4, -0.2) is 10.6 Å². The zero-order chi connectivity index (χ0) is 10.9. The van der Waals surface area contributed by atoms with Crippen LogP contribution in [0.1, 0.15) is 15.9 Å². The number of carbonyl (C=O) groups is 1. The van der Waals surface area contributed by atoms with E-state index in [-0.39, 0.29) is 0 Å². The molecule has 0 N–H and O–H groups in total. The van der Waals surface area contributed by atoms with Gasteiger partial charge in [-0.15, -0.1) is 0 Å². The molecule has 76 valence electrons. The summed E-state index contributed by atoms with van der Waals surface area (Å²) in [4.78, 5) is 7.24. The molecule has 0 atom stereocenters. The van der Waals surface area contributed by atoms with Crippen LogP contribution in [0.25, 0.3) is 0 Å². The van der Waals surface area contributed by atoms with Gasteiger partial charge in [0.05, 0.1) is 5.56 Å². The predicted octanol–water partition coefficient (Wildman–Crippen LogP) is 3.30. The molecule has 1 nitrogen and oxygen atoms in total. The van der Waals surface area contributed by atoms with Gasteiger partial charge in [-0.3, -0.25) is 4.79 Å². The third-order valence-electron chi connectivity index (χ3n) is 1.63. The Kier molecular flexibility index (Phi) is 2.99. The van der Waals surface area contributed by atoms with E-state index in [4.69, 9.17) is 0 Å². The van der Waals surface area contributed by atoms with Gasteiger partial charge in [0.15, 0.2) is 0 Å². The minimum absolute atomic E-state index is 0.567. The summed E-state index contributed by atoms with van der Waals surface area (Å²) in [5.41, 5.74) is -0.0468. The first-order valence-corrected chi connectivity index (χ1v) is 4.49. The van der Waals surface area contributed by atoms with Crippen molar-refractivity contribution >= 4 is 21.7 Å². The van der Waals surface area contributed by atoms with Crippen LogP contribution < -0.4 is 0 Å². The van der Waals surface area contributed by atoms with Crippen molar-refractivity contribution in [1.29, 1.82) is 0 Å². The molecule has 1 aromatic rings. The van der Waals surface area contributed by atoms with Crippen molar-refractivity contribution in [2.45, 2.75) is 11.8 Å². The molecule has 0 fully saturated rings. The van der Waals surface area contributed by atoms with Crippen molar-refractivity contribution in [3.63, 3.8) is 0 Å². The van der Waals surface area contributed by atoms with Gasteiger partial charge in [-0.25, -0.2) is 4.39 Å². The van der Waals surface area contributed by atoms with Crippen molar-refractivity contribution in [3.8, 4) is 0 Å². The molecule has 0 saturated heterocycles. The van der Waals surface area contributed by atoms with Crippen LogP contribution in [0.5, 0.6) is 0 Å². The molecule has 0 amide bonds. The van der Waals surface area contributed by atoms with Gasteiger partial charge < -0.3 is 0 Å². The molecule has 0 aliphatic heterocycles. The fourth-order valence-electron chi connectivity index (χ4n) is 0.957. The number of carbonyl (C=O) groups excluding carboxylic acids is 1. The van der Waals surface area contributed by atoms with E-state index in [0.29, 0.717) is 5.56 Å². The first-order valence-electron chi connectivity index (χ1n) is 3.70. The Morgan fingerprint density at radius 1 is 1.43 bits per heavy atom. The number of halogens is 4. The SMILES string of the molecule is Cc1ccc(C(=O)C(F)(F)Br)c(F)c1. The lowest BCUT2D eigenvalue weighted by molar-refractivity contribution is 0.0588. The van der Waals surface area contributed by atoms with E-state index in [1.54, 1.807) is 6.92 Å². The van der Waals surface area contributed by atoms with Crippen molar-refractivity contribution in [3.05, 3.63) is 35.1 Å². The smallest absolute Gasteiger partial charge is 0.286 e.